The smallest absolute Gasteiger partial charge is 0.0233 e. The van der Waals surface area contributed by atoms with E-state index >= 15 is 0 Å². The summed E-state index contributed by atoms with van der Waals surface area (Å²) in [5.41, 5.74) is 0. The predicted octanol–water partition coefficient (Wildman–Crippen LogP) is 1.05. The molecule has 70 valence electrons. The minimum Gasteiger partial charge on any atom is -0.315 e. The van der Waals surface area contributed by atoms with Crippen LogP contribution in [0.1, 0.15) is 6.42 Å². The summed E-state index contributed by atoms with van der Waals surface area (Å²) in [7, 11) is 4.07. The molecule has 2 saturated heterocycles. The topological polar surface area (TPSA) is 15.3 Å². The van der Waals surface area contributed by atoms with Crippen molar-refractivity contribution in [1.29, 1.82) is 0 Å². The fraction of sp³-hybridized carbons (Fsp3) is 1.00. The molecular weight excluding hydrogens is 188 g/mol. The first-order valence-electron chi connectivity index (χ1n) is 4.66. The average Bonchev–Trinajstić information content (AvgIpc) is 2.48. The van der Waals surface area contributed by atoms with E-state index in [0.29, 0.717) is 0 Å². The Morgan fingerprint density at radius 1 is 1.17 bits per heavy atom. The number of hydrogen-bond acceptors (Lipinski definition) is 4. The largest absolute Gasteiger partial charge is 0.315 e. The fourth-order valence-electron chi connectivity index (χ4n) is 1.85. The SMILES string of the molecule is C1CC(N2CCSSCC2)CN1. The van der Waals surface area contributed by atoms with Crippen molar-refractivity contribution >= 4 is 21.6 Å². The monoisotopic (exact) mass is 204 g/mol. The normalized spacial score (nSPS) is 33.5. The van der Waals surface area contributed by atoms with Crippen LogP contribution in [0.4, 0.5) is 0 Å². The Hall–Kier alpha value is 0.620. The summed E-state index contributed by atoms with van der Waals surface area (Å²) in [6.07, 6.45) is 1.36. The molecule has 0 spiro atoms. The summed E-state index contributed by atoms with van der Waals surface area (Å²) in [6.45, 7) is 5.03. The van der Waals surface area contributed by atoms with Crippen LogP contribution in [0, 0.1) is 0 Å². The van der Waals surface area contributed by atoms with E-state index in [-0.39, 0.29) is 0 Å². The van der Waals surface area contributed by atoms with Gasteiger partial charge in [0.25, 0.3) is 0 Å². The second-order valence-electron chi connectivity index (χ2n) is 3.33. The van der Waals surface area contributed by atoms with Gasteiger partial charge in [0.15, 0.2) is 0 Å². The average molecular weight is 204 g/mol. The molecule has 2 heterocycles. The van der Waals surface area contributed by atoms with Crippen LogP contribution in [-0.4, -0.2) is 48.6 Å². The van der Waals surface area contributed by atoms with Crippen molar-refractivity contribution < 1.29 is 0 Å². The molecule has 0 amide bonds. The lowest BCUT2D eigenvalue weighted by Gasteiger charge is -2.25. The standard InChI is InChI=1S/C8H16N2S2/c1-2-9-7-8(1)10-3-5-11-12-6-4-10/h8-9H,1-7H2. The third-order valence-corrected chi connectivity index (χ3v) is 4.92. The molecule has 2 nitrogen and oxygen atoms in total. The van der Waals surface area contributed by atoms with Crippen molar-refractivity contribution in [3.8, 4) is 0 Å². The summed E-state index contributed by atoms with van der Waals surface area (Å²) in [5, 5.41) is 3.43. The van der Waals surface area contributed by atoms with Crippen molar-refractivity contribution in [2.75, 3.05) is 37.7 Å². The van der Waals surface area contributed by atoms with Gasteiger partial charge in [0, 0.05) is 37.2 Å². The Labute approximate surface area is 82.2 Å². The third kappa shape index (κ3) is 2.31. The lowest BCUT2D eigenvalue weighted by molar-refractivity contribution is 0.236. The van der Waals surface area contributed by atoms with E-state index in [2.05, 4.69) is 10.2 Å². The number of rotatable bonds is 1. The summed E-state index contributed by atoms with van der Waals surface area (Å²) < 4.78 is 0. The number of hydrogen-bond donors (Lipinski definition) is 1. The third-order valence-electron chi connectivity index (χ3n) is 2.56. The van der Waals surface area contributed by atoms with Crippen molar-refractivity contribution in [1.82, 2.24) is 10.2 Å². The van der Waals surface area contributed by atoms with Gasteiger partial charge in [-0.2, -0.15) is 0 Å². The van der Waals surface area contributed by atoms with Crippen LogP contribution < -0.4 is 5.32 Å². The number of nitrogens with zero attached hydrogens (tertiary/aromatic N) is 1. The molecule has 1 unspecified atom stereocenters. The zero-order valence-electron chi connectivity index (χ0n) is 7.29. The van der Waals surface area contributed by atoms with Crippen LogP contribution in [-0.2, 0) is 0 Å². The van der Waals surface area contributed by atoms with E-state index < -0.39 is 0 Å². The molecule has 12 heavy (non-hydrogen) atoms. The number of nitrogens with one attached hydrogen (secondary N) is 1. The summed E-state index contributed by atoms with van der Waals surface area (Å²) >= 11 is 0. The maximum Gasteiger partial charge on any atom is 0.0233 e. The van der Waals surface area contributed by atoms with E-state index in [1.54, 1.807) is 0 Å². The van der Waals surface area contributed by atoms with Gasteiger partial charge in [0.1, 0.15) is 0 Å². The lowest BCUT2D eigenvalue weighted by atomic mass is 10.2. The van der Waals surface area contributed by atoms with Crippen molar-refractivity contribution in [3.05, 3.63) is 0 Å². The molecule has 1 atom stereocenters. The zero-order chi connectivity index (χ0) is 8.23. The predicted molar refractivity (Wildman–Crippen MR) is 57.8 cm³/mol. The van der Waals surface area contributed by atoms with Gasteiger partial charge in [-0.15, -0.1) is 0 Å². The maximum absolute atomic E-state index is 3.43. The molecule has 2 aliphatic heterocycles. The van der Waals surface area contributed by atoms with Crippen LogP contribution in [0.3, 0.4) is 0 Å². The molecule has 0 aromatic rings. The highest BCUT2D eigenvalue weighted by Crippen LogP contribution is 2.25. The van der Waals surface area contributed by atoms with Crippen LogP contribution in [0.5, 0.6) is 0 Å². The van der Waals surface area contributed by atoms with Crippen LogP contribution in [0.25, 0.3) is 0 Å². The first kappa shape index (κ1) is 9.19. The molecule has 2 rings (SSSR count). The van der Waals surface area contributed by atoms with Crippen molar-refractivity contribution in [2.45, 2.75) is 12.5 Å². The van der Waals surface area contributed by atoms with Gasteiger partial charge in [-0.05, 0) is 13.0 Å². The van der Waals surface area contributed by atoms with Crippen LogP contribution >= 0.6 is 21.6 Å². The highest BCUT2D eigenvalue weighted by Gasteiger charge is 2.22. The van der Waals surface area contributed by atoms with Gasteiger partial charge in [-0.1, -0.05) is 21.6 Å². The molecular formula is C8H16N2S2. The first-order valence-corrected chi connectivity index (χ1v) is 7.15. The highest BCUT2D eigenvalue weighted by molar-refractivity contribution is 8.76. The molecule has 4 heteroatoms. The summed E-state index contributed by atoms with van der Waals surface area (Å²) in [5.74, 6) is 2.61. The van der Waals surface area contributed by atoms with Gasteiger partial charge in [0.05, 0.1) is 0 Å². The molecule has 2 aliphatic rings. The van der Waals surface area contributed by atoms with E-state index in [9.17, 15) is 0 Å². The van der Waals surface area contributed by atoms with Crippen LogP contribution in [0.15, 0.2) is 0 Å². The van der Waals surface area contributed by atoms with Gasteiger partial charge in [-0.3, -0.25) is 4.90 Å². The van der Waals surface area contributed by atoms with Gasteiger partial charge in [0.2, 0.25) is 0 Å². The quantitative estimate of drug-likeness (QED) is 0.642. The maximum atomic E-state index is 3.43. The molecule has 0 radical (unpaired) electrons. The second-order valence-corrected chi connectivity index (χ2v) is 6.03. The van der Waals surface area contributed by atoms with Crippen molar-refractivity contribution in [3.63, 3.8) is 0 Å². The summed E-state index contributed by atoms with van der Waals surface area (Å²) in [4.78, 5) is 2.66. The van der Waals surface area contributed by atoms with E-state index in [4.69, 9.17) is 0 Å². The Morgan fingerprint density at radius 3 is 2.50 bits per heavy atom. The molecule has 0 saturated carbocycles. The molecule has 0 aromatic carbocycles. The Bertz CT molecular complexity index is 129. The van der Waals surface area contributed by atoms with Gasteiger partial charge >= 0.3 is 0 Å². The van der Waals surface area contributed by atoms with E-state index in [0.717, 1.165) is 6.04 Å². The molecule has 1 N–H and O–H groups in total. The second kappa shape index (κ2) is 4.74. The lowest BCUT2D eigenvalue weighted by Crippen LogP contribution is -2.38. The Kier molecular flexibility index (Phi) is 3.63. The Balaban J connectivity index is 1.83. The molecule has 0 aliphatic carbocycles. The fourth-order valence-corrected chi connectivity index (χ4v) is 3.86. The van der Waals surface area contributed by atoms with Gasteiger partial charge in [-0.25, -0.2) is 0 Å². The molecule has 0 aromatic heterocycles. The minimum absolute atomic E-state index is 0.837. The first-order chi connectivity index (χ1) is 5.97. The zero-order valence-corrected chi connectivity index (χ0v) is 8.92. The van der Waals surface area contributed by atoms with Crippen molar-refractivity contribution in [2.24, 2.45) is 0 Å². The molecule has 0 bridgehead atoms. The highest BCUT2D eigenvalue weighted by atomic mass is 33.1. The van der Waals surface area contributed by atoms with Gasteiger partial charge < -0.3 is 5.32 Å². The minimum atomic E-state index is 0.837. The van der Waals surface area contributed by atoms with E-state index in [1.165, 1.54) is 44.1 Å². The Morgan fingerprint density at radius 2 is 1.92 bits per heavy atom. The van der Waals surface area contributed by atoms with Crippen LogP contribution in [0.2, 0.25) is 0 Å². The molecule has 2 fully saturated rings. The van der Waals surface area contributed by atoms with E-state index in [1.807, 2.05) is 21.6 Å². The summed E-state index contributed by atoms with van der Waals surface area (Å²) in [6, 6.07) is 0.837.